The summed E-state index contributed by atoms with van der Waals surface area (Å²) in [6.07, 6.45) is 3.53. The van der Waals surface area contributed by atoms with Gasteiger partial charge in [-0.05, 0) is 35.7 Å². The van der Waals surface area contributed by atoms with E-state index in [-0.39, 0.29) is 20.4 Å². The number of thiophene rings is 1. The maximum atomic E-state index is 13.4. The topological polar surface area (TPSA) is 109 Å². The Kier molecular flexibility index (Phi) is 6.68. The average Bonchev–Trinajstić information content (AvgIpc) is 3.12. The second-order valence-electron chi connectivity index (χ2n) is 8.01. The van der Waals surface area contributed by atoms with Gasteiger partial charge in [0.05, 0.1) is 14.7 Å². The molecule has 0 radical (unpaired) electrons. The van der Waals surface area contributed by atoms with Gasteiger partial charge in [0.15, 0.2) is 0 Å². The number of hydrogen-bond acceptors (Lipinski definition) is 6. The van der Waals surface area contributed by atoms with Crippen molar-refractivity contribution in [2.75, 3.05) is 0 Å². The first-order chi connectivity index (χ1) is 14.5. The Morgan fingerprint density at radius 1 is 1.26 bits per heavy atom. The number of amides is 1. The van der Waals surface area contributed by atoms with Gasteiger partial charge >= 0.3 is 6.09 Å². The van der Waals surface area contributed by atoms with Crippen LogP contribution in [0.5, 0.6) is 0 Å². The van der Waals surface area contributed by atoms with Gasteiger partial charge in [0.1, 0.15) is 5.15 Å². The third-order valence-electron chi connectivity index (χ3n) is 4.74. The normalized spacial score (nSPS) is 13.0. The molecular weight excluding hydrogens is 458 g/mol. The number of carboxylic acid groups (broad SMARTS) is 1. The second-order valence-corrected chi connectivity index (χ2v) is 11.4. The van der Waals surface area contributed by atoms with E-state index >= 15 is 0 Å². The van der Waals surface area contributed by atoms with Crippen molar-refractivity contribution in [3.63, 3.8) is 0 Å². The molecule has 1 amide bonds. The molecule has 0 fully saturated rings. The molecule has 3 rings (SSSR count). The lowest BCUT2D eigenvalue weighted by molar-refractivity contribution is 0.174. The number of sulfone groups is 1. The third kappa shape index (κ3) is 5.23. The molecule has 0 aliphatic rings. The van der Waals surface area contributed by atoms with Crippen LogP contribution in [0, 0.1) is 5.41 Å². The lowest BCUT2D eigenvalue weighted by Crippen LogP contribution is -2.44. The van der Waals surface area contributed by atoms with Gasteiger partial charge in [-0.1, -0.05) is 32.4 Å². The van der Waals surface area contributed by atoms with Crippen molar-refractivity contribution < 1.29 is 18.3 Å². The highest BCUT2D eigenvalue weighted by molar-refractivity contribution is 7.91. The molecule has 3 aromatic heterocycles. The van der Waals surface area contributed by atoms with E-state index in [1.165, 1.54) is 36.0 Å². The Bertz CT molecular complexity index is 1190. The largest absolute Gasteiger partial charge is 0.465 e. The fourth-order valence-corrected chi connectivity index (χ4v) is 6.31. The monoisotopic (exact) mass is 479 g/mol. The first-order valence-electron chi connectivity index (χ1n) is 9.38. The average molecular weight is 480 g/mol. The molecule has 1 atom stereocenters. The second kappa shape index (κ2) is 8.94. The summed E-state index contributed by atoms with van der Waals surface area (Å²) in [7, 11) is -3.88. The molecule has 0 bridgehead atoms. The lowest BCUT2D eigenvalue weighted by atomic mass is 9.84. The van der Waals surface area contributed by atoms with E-state index in [4.69, 9.17) is 11.6 Å². The zero-order valence-corrected chi connectivity index (χ0v) is 19.6. The summed E-state index contributed by atoms with van der Waals surface area (Å²) in [5, 5.41) is 12.0. The van der Waals surface area contributed by atoms with Gasteiger partial charge in [0, 0.05) is 41.5 Å². The predicted molar refractivity (Wildman–Crippen MR) is 120 cm³/mol. The van der Waals surface area contributed by atoms with Gasteiger partial charge in [-0.25, -0.2) is 18.2 Å². The van der Waals surface area contributed by atoms with Crippen LogP contribution in [-0.4, -0.2) is 35.6 Å². The predicted octanol–water partition coefficient (Wildman–Crippen LogP) is 4.92. The van der Waals surface area contributed by atoms with E-state index in [1.54, 1.807) is 24.3 Å². The highest BCUT2D eigenvalue weighted by Crippen LogP contribution is 2.41. The summed E-state index contributed by atoms with van der Waals surface area (Å²) < 4.78 is 26.8. The smallest absolute Gasteiger partial charge is 0.404 e. The Morgan fingerprint density at radius 2 is 1.97 bits per heavy atom. The Hall–Kier alpha value is -2.49. The van der Waals surface area contributed by atoms with Crippen molar-refractivity contribution in [2.24, 2.45) is 5.41 Å². The molecule has 10 heteroatoms. The zero-order valence-electron chi connectivity index (χ0n) is 17.2. The fourth-order valence-electron chi connectivity index (χ4n) is 3.02. The molecule has 164 valence electrons. The number of aromatic nitrogens is 2. The van der Waals surface area contributed by atoms with Crippen molar-refractivity contribution in [3.8, 4) is 10.4 Å². The van der Waals surface area contributed by atoms with Crippen LogP contribution in [-0.2, 0) is 16.3 Å². The minimum Gasteiger partial charge on any atom is -0.465 e. The number of halogens is 1. The van der Waals surface area contributed by atoms with Crippen LogP contribution in [0.25, 0.3) is 10.4 Å². The number of nitrogens with zero attached hydrogens (tertiary/aromatic N) is 2. The minimum absolute atomic E-state index is 0.0663. The molecule has 0 saturated carbocycles. The first-order valence-corrected chi connectivity index (χ1v) is 12.1. The van der Waals surface area contributed by atoms with Crippen molar-refractivity contribution in [2.45, 2.75) is 43.0 Å². The summed E-state index contributed by atoms with van der Waals surface area (Å²) in [5.74, 6) is 0. The van der Waals surface area contributed by atoms with Gasteiger partial charge in [-0.2, -0.15) is 0 Å². The van der Waals surface area contributed by atoms with E-state index in [2.05, 4.69) is 15.3 Å². The fraction of sp³-hybridized carbons (Fsp3) is 0.286. The number of nitrogens with one attached hydrogen (secondary N) is 1. The van der Waals surface area contributed by atoms with Gasteiger partial charge in [0.25, 0.3) is 0 Å². The lowest BCUT2D eigenvalue weighted by Gasteiger charge is -2.30. The quantitative estimate of drug-likeness (QED) is 0.486. The SMILES string of the molecule is CC(C)(C)C(Cc1cc(S(=O)(=O)c2cccnc2)c(-c2cccnc2Cl)s1)NC(=O)O. The minimum atomic E-state index is -3.88. The van der Waals surface area contributed by atoms with Gasteiger partial charge in [-0.15, -0.1) is 11.3 Å². The van der Waals surface area contributed by atoms with Crippen LogP contribution in [0.4, 0.5) is 4.79 Å². The summed E-state index contributed by atoms with van der Waals surface area (Å²) >= 11 is 7.54. The van der Waals surface area contributed by atoms with E-state index in [1.807, 2.05) is 20.8 Å². The maximum absolute atomic E-state index is 13.4. The highest BCUT2D eigenvalue weighted by atomic mass is 35.5. The highest BCUT2D eigenvalue weighted by Gasteiger charge is 2.30. The van der Waals surface area contributed by atoms with Crippen LogP contribution in [0.2, 0.25) is 5.15 Å². The summed E-state index contributed by atoms with van der Waals surface area (Å²) in [5.41, 5.74) is 0.123. The molecule has 0 aliphatic carbocycles. The Labute approximate surface area is 190 Å². The van der Waals surface area contributed by atoms with Crippen LogP contribution in [0.15, 0.2) is 58.7 Å². The number of pyridine rings is 2. The summed E-state index contributed by atoms with van der Waals surface area (Å²) in [6.45, 7) is 5.77. The van der Waals surface area contributed by atoms with Gasteiger partial charge in [0.2, 0.25) is 9.84 Å². The van der Waals surface area contributed by atoms with E-state index in [0.29, 0.717) is 21.7 Å². The molecule has 0 spiro atoms. The molecule has 1 unspecified atom stereocenters. The summed E-state index contributed by atoms with van der Waals surface area (Å²) in [6, 6.07) is 7.61. The number of rotatable bonds is 6. The molecule has 2 N–H and O–H groups in total. The van der Waals surface area contributed by atoms with Crippen molar-refractivity contribution in [1.29, 1.82) is 0 Å². The zero-order chi connectivity index (χ0) is 22.8. The molecule has 0 aliphatic heterocycles. The van der Waals surface area contributed by atoms with E-state index in [0.717, 1.165) is 0 Å². The Morgan fingerprint density at radius 3 is 2.55 bits per heavy atom. The number of hydrogen-bond donors (Lipinski definition) is 2. The van der Waals surface area contributed by atoms with Crippen molar-refractivity contribution in [1.82, 2.24) is 15.3 Å². The molecule has 31 heavy (non-hydrogen) atoms. The number of carbonyl (C=O) groups is 1. The van der Waals surface area contributed by atoms with Gasteiger partial charge < -0.3 is 10.4 Å². The molecule has 7 nitrogen and oxygen atoms in total. The van der Waals surface area contributed by atoms with Crippen LogP contribution >= 0.6 is 22.9 Å². The third-order valence-corrected chi connectivity index (χ3v) is 8.12. The molecule has 3 heterocycles. The van der Waals surface area contributed by atoms with Crippen molar-refractivity contribution in [3.05, 3.63) is 59.0 Å². The molecular formula is C21H22ClN3O4S2. The Balaban J connectivity index is 2.15. The maximum Gasteiger partial charge on any atom is 0.404 e. The molecule has 3 aromatic rings. The summed E-state index contributed by atoms with van der Waals surface area (Å²) in [4.78, 5) is 20.6. The standard InChI is InChI=1S/C21H22ClN3O4S2/c1-21(2,3)17(25-20(26)27)11-13-10-16(31(28,29)14-6-4-8-23-12-14)18(30-13)15-7-5-9-24-19(15)22/h4-10,12,17,25H,11H2,1-3H3,(H,26,27). The van der Waals surface area contributed by atoms with E-state index < -0.39 is 22.0 Å². The van der Waals surface area contributed by atoms with E-state index in [9.17, 15) is 18.3 Å². The first kappa shape index (κ1) is 23.2. The van der Waals surface area contributed by atoms with Gasteiger partial charge in [-0.3, -0.25) is 4.98 Å². The molecule has 0 aromatic carbocycles. The van der Waals surface area contributed by atoms with Crippen LogP contribution in [0.3, 0.4) is 0 Å². The molecule has 0 saturated heterocycles. The van der Waals surface area contributed by atoms with Crippen LogP contribution in [0.1, 0.15) is 25.6 Å². The van der Waals surface area contributed by atoms with Crippen LogP contribution < -0.4 is 5.32 Å². The van der Waals surface area contributed by atoms with Crippen molar-refractivity contribution >= 4 is 38.9 Å².